The number of rotatable bonds is 2. The van der Waals surface area contributed by atoms with Crippen molar-refractivity contribution in [2.75, 3.05) is 0 Å². The first-order valence-electron chi connectivity index (χ1n) is 5.93. The summed E-state index contributed by atoms with van der Waals surface area (Å²) in [7, 11) is 0. The third kappa shape index (κ3) is 2.11. The predicted molar refractivity (Wildman–Crippen MR) is 67.2 cm³/mol. The molecule has 1 aromatic heterocycles. The van der Waals surface area contributed by atoms with E-state index in [1.54, 1.807) is 0 Å². The zero-order chi connectivity index (χ0) is 10.9. The number of aryl methyl sites for hydroxylation is 1. The Morgan fingerprint density at radius 3 is 2.53 bits per heavy atom. The second kappa shape index (κ2) is 4.26. The Morgan fingerprint density at radius 1 is 1.33 bits per heavy atom. The van der Waals surface area contributed by atoms with E-state index in [-0.39, 0.29) is 6.04 Å². The van der Waals surface area contributed by atoms with Gasteiger partial charge in [0.05, 0.1) is 0 Å². The Labute approximate surface area is 96.7 Å². The SMILES string of the molecule is Cc1ccsc1C(N)C1(C)CCCCC1. The van der Waals surface area contributed by atoms with Crippen LogP contribution in [0.15, 0.2) is 11.4 Å². The van der Waals surface area contributed by atoms with Crippen molar-refractivity contribution in [1.29, 1.82) is 0 Å². The molecule has 0 aromatic carbocycles. The molecule has 0 aliphatic heterocycles. The van der Waals surface area contributed by atoms with E-state index < -0.39 is 0 Å². The largest absolute Gasteiger partial charge is 0.323 e. The highest BCUT2D eigenvalue weighted by atomic mass is 32.1. The van der Waals surface area contributed by atoms with Crippen LogP contribution in [0.4, 0.5) is 0 Å². The molecule has 2 rings (SSSR count). The van der Waals surface area contributed by atoms with E-state index >= 15 is 0 Å². The lowest BCUT2D eigenvalue weighted by Crippen LogP contribution is -2.33. The molecular weight excluding hydrogens is 202 g/mol. The molecule has 1 unspecified atom stereocenters. The predicted octanol–water partition coefficient (Wildman–Crippen LogP) is 4.03. The molecule has 1 nitrogen and oxygen atoms in total. The lowest BCUT2D eigenvalue weighted by Gasteiger charge is -2.38. The third-order valence-corrected chi connectivity index (χ3v) is 5.03. The summed E-state index contributed by atoms with van der Waals surface area (Å²) in [4.78, 5) is 1.40. The fourth-order valence-electron chi connectivity index (χ4n) is 2.69. The second-order valence-corrected chi connectivity index (χ2v) is 6.11. The Balaban J connectivity index is 2.19. The zero-order valence-corrected chi connectivity index (χ0v) is 10.6. The summed E-state index contributed by atoms with van der Waals surface area (Å²) in [5, 5.41) is 2.16. The van der Waals surface area contributed by atoms with Crippen LogP contribution >= 0.6 is 11.3 Å². The molecule has 84 valence electrons. The minimum atomic E-state index is 0.248. The van der Waals surface area contributed by atoms with E-state index in [9.17, 15) is 0 Å². The smallest absolute Gasteiger partial charge is 0.0446 e. The van der Waals surface area contributed by atoms with Gasteiger partial charge < -0.3 is 5.73 Å². The molecular formula is C13H21NS. The highest BCUT2D eigenvalue weighted by molar-refractivity contribution is 7.10. The van der Waals surface area contributed by atoms with Gasteiger partial charge >= 0.3 is 0 Å². The number of thiophene rings is 1. The van der Waals surface area contributed by atoms with Crippen LogP contribution < -0.4 is 5.73 Å². The van der Waals surface area contributed by atoms with E-state index in [0.29, 0.717) is 5.41 Å². The number of hydrogen-bond acceptors (Lipinski definition) is 2. The van der Waals surface area contributed by atoms with Crippen molar-refractivity contribution >= 4 is 11.3 Å². The molecule has 1 aliphatic carbocycles. The molecule has 0 saturated heterocycles. The molecule has 1 atom stereocenters. The average Bonchev–Trinajstić information content (AvgIpc) is 2.64. The summed E-state index contributed by atoms with van der Waals surface area (Å²) in [6.07, 6.45) is 6.70. The molecule has 0 bridgehead atoms. The Kier molecular flexibility index (Phi) is 3.17. The van der Waals surface area contributed by atoms with Crippen LogP contribution in [0.1, 0.15) is 55.5 Å². The molecule has 15 heavy (non-hydrogen) atoms. The maximum Gasteiger partial charge on any atom is 0.0446 e. The van der Waals surface area contributed by atoms with Crippen molar-refractivity contribution in [3.63, 3.8) is 0 Å². The Hall–Kier alpha value is -0.340. The fourth-order valence-corrected chi connectivity index (χ4v) is 3.79. The fraction of sp³-hybridized carbons (Fsp3) is 0.692. The van der Waals surface area contributed by atoms with Crippen molar-refractivity contribution in [3.8, 4) is 0 Å². The van der Waals surface area contributed by atoms with Crippen LogP contribution in [-0.2, 0) is 0 Å². The summed E-state index contributed by atoms with van der Waals surface area (Å²) in [5.41, 5.74) is 8.18. The first kappa shape index (κ1) is 11.2. The first-order valence-corrected chi connectivity index (χ1v) is 6.81. The molecule has 0 spiro atoms. The van der Waals surface area contributed by atoms with Gasteiger partial charge in [0.25, 0.3) is 0 Å². The maximum absolute atomic E-state index is 6.46. The van der Waals surface area contributed by atoms with Crippen LogP contribution in [0.2, 0.25) is 0 Å². The summed E-state index contributed by atoms with van der Waals surface area (Å²) in [6.45, 7) is 4.55. The lowest BCUT2D eigenvalue weighted by molar-refractivity contribution is 0.172. The summed E-state index contributed by atoms with van der Waals surface area (Å²) < 4.78 is 0. The summed E-state index contributed by atoms with van der Waals surface area (Å²) >= 11 is 1.82. The zero-order valence-electron chi connectivity index (χ0n) is 9.75. The highest BCUT2D eigenvalue weighted by Crippen LogP contribution is 2.46. The van der Waals surface area contributed by atoms with Gasteiger partial charge in [-0.1, -0.05) is 26.2 Å². The van der Waals surface area contributed by atoms with Crippen molar-refractivity contribution in [2.24, 2.45) is 11.1 Å². The molecule has 1 aliphatic rings. The lowest BCUT2D eigenvalue weighted by atomic mass is 9.70. The standard InChI is InChI=1S/C13H21NS/c1-10-6-9-15-11(10)12(14)13(2)7-4-3-5-8-13/h6,9,12H,3-5,7-8,14H2,1-2H3. The highest BCUT2D eigenvalue weighted by Gasteiger charge is 2.35. The van der Waals surface area contributed by atoms with Crippen LogP contribution in [-0.4, -0.2) is 0 Å². The van der Waals surface area contributed by atoms with Crippen molar-refractivity contribution in [2.45, 2.75) is 52.0 Å². The van der Waals surface area contributed by atoms with E-state index in [4.69, 9.17) is 5.73 Å². The molecule has 1 heterocycles. The minimum Gasteiger partial charge on any atom is -0.323 e. The summed E-state index contributed by atoms with van der Waals surface area (Å²) in [5.74, 6) is 0. The monoisotopic (exact) mass is 223 g/mol. The van der Waals surface area contributed by atoms with Crippen LogP contribution in [0, 0.1) is 12.3 Å². The van der Waals surface area contributed by atoms with Gasteiger partial charge in [-0.2, -0.15) is 0 Å². The molecule has 1 fully saturated rings. The number of hydrogen-bond donors (Lipinski definition) is 1. The van der Waals surface area contributed by atoms with Gasteiger partial charge in [0.1, 0.15) is 0 Å². The van der Waals surface area contributed by atoms with E-state index in [1.165, 1.54) is 42.5 Å². The molecule has 0 amide bonds. The van der Waals surface area contributed by atoms with Gasteiger partial charge in [-0.3, -0.25) is 0 Å². The average molecular weight is 223 g/mol. The van der Waals surface area contributed by atoms with Crippen LogP contribution in [0.25, 0.3) is 0 Å². The minimum absolute atomic E-state index is 0.248. The molecule has 1 saturated carbocycles. The van der Waals surface area contributed by atoms with Gasteiger partial charge in [-0.15, -0.1) is 11.3 Å². The van der Waals surface area contributed by atoms with Crippen LogP contribution in [0.5, 0.6) is 0 Å². The van der Waals surface area contributed by atoms with Crippen molar-refractivity contribution in [3.05, 3.63) is 21.9 Å². The van der Waals surface area contributed by atoms with E-state index in [1.807, 2.05) is 11.3 Å². The first-order chi connectivity index (χ1) is 7.13. The van der Waals surface area contributed by atoms with E-state index in [0.717, 1.165) is 0 Å². The van der Waals surface area contributed by atoms with Gasteiger partial charge in [0.2, 0.25) is 0 Å². The van der Waals surface area contributed by atoms with Crippen molar-refractivity contribution in [1.82, 2.24) is 0 Å². The Morgan fingerprint density at radius 2 is 2.00 bits per heavy atom. The molecule has 1 aromatic rings. The number of nitrogens with two attached hydrogens (primary N) is 1. The quantitative estimate of drug-likeness (QED) is 0.805. The van der Waals surface area contributed by atoms with Gasteiger partial charge in [0, 0.05) is 10.9 Å². The van der Waals surface area contributed by atoms with Gasteiger partial charge in [0.15, 0.2) is 0 Å². The maximum atomic E-state index is 6.46. The van der Waals surface area contributed by atoms with Gasteiger partial charge in [-0.05, 0) is 42.2 Å². The topological polar surface area (TPSA) is 26.0 Å². The van der Waals surface area contributed by atoms with Crippen LogP contribution in [0.3, 0.4) is 0 Å². The summed E-state index contributed by atoms with van der Waals surface area (Å²) in [6, 6.07) is 2.43. The van der Waals surface area contributed by atoms with Crippen molar-refractivity contribution < 1.29 is 0 Å². The normalized spacial score (nSPS) is 22.6. The van der Waals surface area contributed by atoms with Gasteiger partial charge in [-0.25, -0.2) is 0 Å². The Bertz CT molecular complexity index is 323. The molecule has 0 radical (unpaired) electrons. The molecule has 2 N–H and O–H groups in total. The third-order valence-electron chi connectivity index (χ3n) is 3.93. The second-order valence-electron chi connectivity index (χ2n) is 5.16. The molecule has 2 heteroatoms. The van der Waals surface area contributed by atoms with E-state index in [2.05, 4.69) is 25.3 Å².